The van der Waals surface area contributed by atoms with Gasteiger partial charge in [-0.15, -0.1) is 11.3 Å². The van der Waals surface area contributed by atoms with Crippen molar-refractivity contribution < 1.29 is 23.5 Å². The lowest BCUT2D eigenvalue weighted by Gasteiger charge is -2.12. The first-order valence-corrected chi connectivity index (χ1v) is 8.98. The second-order valence-corrected chi connectivity index (χ2v) is 6.72. The van der Waals surface area contributed by atoms with Crippen molar-refractivity contribution in [2.45, 2.75) is 26.2 Å². The molecule has 1 atom stereocenters. The minimum atomic E-state index is -0.939. The summed E-state index contributed by atoms with van der Waals surface area (Å²) in [6.45, 7) is 2.14. The number of furan rings is 1. The summed E-state index contributed by atoms with van der Waals surface area (Å²) in [6.07, 6.45) is -0.939. The number of fused-ring (bicyclic) bond motifs is 1. The van der Waals surface area contributed by atoms with Crippen molar-refractivity contribution in [3.8, 4) is 0 Å². The number of thiophene rings is 1. The lowest BCUT2D eigenvalue weighted by atomic mass is 10.1. The number of hydrogen-bond acceptors (Lipinski definition) is 6. The van der Waals surface area contributed by atoms with E-state index in [9.17, 15) is 9.59 Å². The SMILES string of the molecule is COCc1c(C(=O)O[C@@H](C)C(=O)NCc2cccs2)oc2ccccc12. The first kappa shape index (κ1) is 18.2. The van der Waals surface area contributed by atoms with Gasteiger partial charge in [-0.25, -0.2) is 4.79 Å². The van der Waals surface area contributed by atoms with Gasteiger partial charge in [-0.3, -0.25) is 4.79 Å². The summed E-state index contributed by atoms with van der Waals surface area (Å²) in [5, 5.41) is 5.47. The second-order valence-electron chi connectivity index (χ2n) is 5.68. The number of rotatable bonds is 7. The van der Waals surface area contributed by atoms with E-state index in [-0.39, 0.29) is 18.3 Å². The van der Waals surface area contributed by atoms with E-state index in [1.807, 2.05) is 35.7 Å². The number of nitrogens with one attached hydrogen (secondary N) is 1. The molecule has 0 bridgehead atoms. The van der Waals surface area contributed by atoms with Crippen LogP contribution in [0.15, 0.2) is 46.2 Å². The van der Waals surface area contributed by atoms with Crippen LogP contribution in [0.1, 0.15) is 27.9 Å². The van der Waals surface area contributed by atoms with Gasteiger partial charge in [0.2, 0.25) is 5.76 Å². The number of benzene rings is 1. The van der Waals surface area contributed by atoms with Crippen molar-refractivity contribution in [1.82, 2.24) is 5.32 Å². The molecule has 6 nitrogen and oxygen atoms in total. The van der Waals surface area contributed by atoms with Crippen LogP contribution in [0, 0.1) is 0 Å². The van der Waals surface area contributed by atoms with E-state index in [4.69, 9.17) is 13.9 Å². The molecular weight excluding hydrogens is 354 g/mol. The smallest absolute Gasteiger partial charge is 0.375 e. The number of ether oxygens (including phenoxy) is 2. The molecule has 136 valence electrons. The highest BCUT2D eigenvalue weighted by Gasteiger charge is 2.25. The van der Waals surface area contributed by atoms with E-state index in [0.717, 1.165) is 10.3 Å². The van der Waals surface area contributed by atoms with Crippen molar-refractivity contribution >= 4 is 34.2 Å². The molecule has 0 aliphatic carbocycles. The molecule has 0 spiro atoms. The number of methoxy groups -OCH3 is 1. The maximum Gasteiger partial charge on any atom is 0.375 e. The van der Waals surface area contributed by atoms with E-state index in [1.165, 1.54) is 14.0 Å². The summed E-state index contributed by atoms with van der Waals surface area (Å²) in [7, 11) is 1.54. The largest absolute Gasteiger partial charge is 0.449 e. The van der Waals surface area contributed by atoms with Crippen LogP contribution in [0.3, 0.4) is 0 Å². The average Bonchev–Trinajstić information content (AvgIpc) is 3.28. The van der Waals surface area contributed by atoms with Crippen LogP contribution in [0.4, 0.5) is 0 Å². The topological polar surface area (TPSA) is 77.8 Å². The van der Waals surface area contributed by atoms with Gasteiger partial charge in [0.15, 0.2) is 6.10 Å². The number of esters is 1. The Hall–Kier alpha value is -2.64. The Morgan fingerprint density at radius 3 is 2.77 bits per heavy atom. The standard InChI is InChI=1S/C19H19NO5S/c1-12(18(21)20-10-13-6-5-9-26-13)24-19(22)17-15(11-23-2)14-7-3-4-8-16(14)25-17/h3-9,12H,10-11H2,1-2H3,(H,20,21)/t12-/m0/s1. The average molecular weight is 373 g/mol. The molecule has 0 fully saturated rings. The Labute approximate surface area is 154 Å². The van der Waals surface area contributed by atoms with E-state index in [0.29, 0.717) is 17.7 Å². The molecule has 0 saturated heterocycles. The Balaban J connectivity index is 1.69. The summed E-state index contributed by atoms with van der Waals surface area (Å²) in [4.78, 5) is 25.7. The van der Waals surface area contributed by atoms with Crippen LogP contribution in [-0.2, 0) is 27.4 Å². The highest BCUT2D eigenvalue weighted by Crippen LogP contribution is 2.27. The molecule has 1 aromatic carbocycles. The minimum absolute atomic E-state index is 0.0611. The highest BCUT2D eigenvalue weighted by atomic mass is 32.1. The maximum absolute atomic E-state index is 12.5. The van der Waals surface area contributed by atoms with E-state index in [2.05, 4.69) is 5.32 Å². The lowest BCUT2D eigenvalue weighted by Crippen LogP contribution is -2.35. The third kappa shape index (κ3) is 3.95. The van der Waals surface area contributed by atoms with Crippen molar-refractivity contribution in [2.24, 2.45) is 0 Å². The Bertz CT molecular complexity index is 900. The van der Waals surface area contributed by atoms with Gasteiger partial charge in [-0.1, -0.05) is 24.3 Å². The number of amides is 1. The van der Waals surface area contributed by atoms with Crippen LogP contribution in [-0.4, -0.2) is 25.1 Å². The number of carbonyl (C=O) groups is 2. The third-order valence-electron chi connectivity index (χ3n) is 3.84. The lowest BCUT2D eigenvalue weighted by molar-refractivity contribution is -0.129. The van der Waals surface area contributed by atoms with Gasteiger partial charge in [0.25, 0.3) is 5.91 Å². The molecule has 3 rings (SSSR count). The molecule has 3 aromatic rings. The fourth-order valence-electron chi connectivity index (χ4n) is 2.55. The fourth-order valence-corrected chi connectivity index (χ4v) is 3.19. The molecule has 1 N–H and O–H groups in total. The highest BCUT2D eigenvalue weighted by molar-refractivity contribution is 7.09. The first-order valence-electron chi connectivity index (χ1n) is 8.10. The van der Waals surface area contributed by atoms with Crippen LogP contribution in [0.25, 0.3) is 11.0 Å². The molecule has 0 aliphatic rings. The van der Waals surface area contributed by atoms with Gasteiger partial charge < -0.3 is 19.2 Å². The summed E-state index contributed by atoms with van der Waals surface area (Å²) in [5.74, 6) is -0.992. The zero-order chi connectivity index (χ0) is 18.5. The van der Waals surface area contributed by atoms with E-state index >= 15 is 0 Å². The predicted octanol–water partition coefficient (Wildman–Crippen LogP) is 3.50. The quantitative estimate of drug-likeness (QED) is 0.641. The third-order valence-corrected chi connectivity index (χ3v) is 4.72. The van der Waals surface area contributed by atoms with Gasteiger partial charge in [0, 0.05) is 22.9 Å². The van der Waals surface area contributed by atoms with Crippen molar-refractivity contribution in [3.63, 3.8) is 0 Å². The molecule has 2 aromatic heterocycles. The maximum atomic E-state index is 12.5. The summed E-state index contributed by atoms with van der Waals surface area (Å²) in [5.41, 5.74) is 1.18. The first-order chi connectivity index (χ1) is 12.6. The Morgan fingerprint density at radius 1 is 1.23 bits per heavy atom. The second kappa shape index (κ2) is 8.16. The summed E-state index contributed by atoms with van der Waals surface area (Å²) >= 11 is 1.55. The van der Waals surface area contributed by atoms with E-state index in [1.54, 1.807) is 17.4 Å². The zero-order valence-electron chi connectivity index (χ0n) is 14.5. The van der Waals surface area contributed by atoms with Gasteiger partial charge in [0.05, 0.1) is 13.2 Å². The molecule has 0 aliphatic heterocycles. The van der Waals surface area contributed by atoms with Crippen molar-refractivity contribution in [1.29, 1.82) is 0 Å². The van der Waals surface area contributed by atoms with Crippen LogP contribution in [0.5, 0.6) is 0 Å². The minimum Gasteiger partial charge on any atom is -0.449 e. The molecule has 26 heavy (non-hydrogen) atoms. The van der Waals surface area contributed by atoms with Crippen molar-refractivity contribution in [3.05, 3.63) is 58.0 Å². The molecule has 7 heteroatoms. The normalized spacial score (nSPS) is 12.1. The Morgan fingerprint density at radius 2 is 2.04 bits per heavy atom. The van der Waals surface area contributed by atoms with Crippen LogP contribution < -0.4 is 5.32 Å². The van der Waals surface area contributed by atoms with Gasteiger partial charge >= 0.3 is 5.97 Å². The monoisotopic (exact) mass is 373 g/mol. The van der Waals surface area contributed by atoms with Gasteiger partial charge in [-0.2, -0.15) is 0 Å². The zero-order valence-corrected chi connectivity index (χ0v) is 15.3. The number of carbonyl (C=O) groups excluding carboxylic acids is 2. The summed E-state index contributed by atoms with van der Waals surface area (Å²) in [6, 6.07) is 11.1. The molecule has 0 radical (unpaired) electrons. The molecule has 1 amide bonds. The number of hydrogen-bond donors (Lipinski definition) is 1. The molecule has 2 heterocycles. The number of para-hydroxylation sites is 1. The van der Waals surface area contributed by atoms with E-state index < -0.39 is 12.1 Å². The van der Waals surface area contributed by atoms with Gasteiger partial charge in [-0.05, 0) is 24.4 Å². The van der Waals surface area contributed by atoms with Gasteiger partial charge in [0.1, 0.15) is 5.58 Å². The molecule has 0 unspecified atom stereocenters. The Kier molecular flexibility index (Phi) is 5.70. The van der Waals surface area contributed by atoms with Crippen LogP contribution >= 0.6 is 11.3 Å². The predicted molar refractivity (Wildman–Crippen MR) is 98.0 cm³/mol. The molecular formula is C19H19NO5S. The van der Waals surface area contributed by atoms with Crippen LogP contribution in [0.2, 0.25) is 0 Å². The van der Waals surface area contributed by atoms with Crippen molar-refractivity contribution in [2.75, 3.05) is 7.11 Å². The molecule has 0 saturated carbocycles. The fraction of sp³-hybridized carbons (Fsp3) is 0.263. The summed E-state index contributed by atoms with van der Waals surface area (Å²) < 4.78 is 16.1.